The predicted molar refractivity (Wildman–Crippen MR) is 89.6 cm³/mol. The van der Waals surface area contributed by atoms with Crippen LogP contribution in [0.15, 0.2) is 40.3 Å². The van der Waals surface area contributed by atoms with Crippen LogP contribution in [0.5, 0.6) is 0 Å². The maximum atomic E-state index is 12.0. The Labute approximate surface area is 133 Å². The van der Waals surface area contributed by atoms with E-state index in [0.29, 0.717) is 6.42 Å². The maximum absolute atomic E-state index is 12.0. The Balaban J connectivity index is 2.24. The summed E-state index contributed by atoms with van der Waals surface area (Å²) in [6.45, 7) is 3.94. The number of hydrazone groups is 1. The Kier molecular flexibility index (Phi) is 5.42. The summed E-state index contributed by atoms with van der Waals surface area (Å²) in [4.78, 5) is 12.0. The maximum Gasteiger partial charge on any atom is 0.240 e. The number of benzene rings is 1. The highest BCUT2D eigenvalue weighted by Gasteiger charge is 2.19. The third-order valence-electron chi connectivity index (χ3n) is 3.44. The van der Waals surface area contributed by atoms with Crippen LogP contribution in [-0.2, 0) is 16.0 Å². The molecule has 4 nitrogen and oxygen atoms in total. The van der Waals surface area contributed by atoms with Crippen LogP contribution >= 0.6 is 0 Å². The number of rotatable bonds is 4. The summed E-state index contributed by atoms with van der Waals surface area (Å²) in [5.74, 6) is 2.65. The van der Waals surface area contributed by atoms with Gasteiger partial charge in [-0.15, -0.1) is 6.42 Å². The lowest BCUT2D eigenvalue weighted by Crippen LogP contribution is -2.30. The van der Waals surface area contributed by atoms with E-state index in [-0.39, 0.29) is 17.6 Å². The molecule has 1 amide bonds. The van der Waals surface area contributed by atoms with Crippen LogP contribution in [0.1, 0.15) is 25.8 Å². The molecule has 0 aliphatic carbocycles. The molecule has 1 aliphatic rings. The number of carbonyl (C=O) groups excluding carboxylic acids is 1. The summed E-state index contributed by atoms with van der Waals surface area (Å²) in [6.07, 6.45) is 7.60. The fourth-order valence-corrected chi connectivity index (χ4v) is 2.99. The van der Waals surface area contributed by atoms with Crippen LogP contribution in [0.25, 0.3) is 5.57 Å². The zero-order valence-electron chi connectivity index (χ0n) is 12.6. The monoisotopic (exact) mass is 314 g/mol. The van der Waals surface area contributed by atoms with Crippen LogP contribution in [-0.4, -0.2) is 21.9 Å². The molecule has 1 heterocycles. The quantitative estimate of drug-likeness (QED) is 0.685. The van der Waals surface area contributed by atoms with Crippen LogP contribution in [0, 0.1) is 18.3 Å². The second-order valence-electron chi connectivity index (χ2n) is 5.23. The van der Waals surface area contributed by atoms with Gasteiger partial charge in [0.1, 0.15) is 0 Å². The highest BCUT2D eigenvalue weighted by atomic mass is 32.2. The van der Waals surface area contributed by atoms with Gasteiger partial charge in [-0.2, -0.15) is 5.10 Å². The minimum Gasteiger partial charge on any atom is -0.611 e. The van der Waals surface area contributed by atoms with Gasteiger partial charge in [0.05, 0.1) is 5.71 Å². The van der Waals surface area contributed by atoms with Crippen LogP contribution in [0.4, 0.5) is 0 Å². The fraction of sp³-hybridized carbons (Fsp3) is 0.294. The first-order valence-corrected chi connectivity index (χ1v) is 8.30. The Hall–Kier alpha value is -2.03. The third kappa shape index (κ3) is 4.00. The minimum absolute atomic E-state index is 0.0611. The lowest BCUT2D eigenvalue weighted by atomic mass is 9.96. The molecule has 0 radical (unpaired) electrons. The van der Waals surface area contributed by atoms with Crippen molar-refractivity contribution < 1.29 is 9.35 Å². The lowest BCUT2D eigenvalue weighted by Gasteiger charge is -2.17. The molecular formula is C17H18N2O2S. The molecule has 1 aromatic carbocycles. The normalized spacial score (nSPS) is 19.9. The molecule has 1 aliphatic heterocycles. The van der Waals surface area contributed by atoms with Gasteiger partial charge in [0, 0.05) is 18.4 Å². The highest BCUT2D eigenvalue weighted by molar-refractivity contribution is 7.91. The molecule has 2 unspecified atom stereocenters. The van der Waals surface area contributed by atoms with Crippen molar-refractivity contribution in [2.24, 2.45) is 11.0 Å². The van der Waals surface area contributed by atoms with E-state index in [1.807, 2.05) is 44.2 Å². The molecule has 0 saturated heterocycles. The molecule has 0 saturated carbocycles. The lowest BCUT2D eigenvalue weighted by molar-refractivity contribution is -0.121. The number of nitrogens with zero attached hydrogens (tertiary/aromatic N) is 1. The summed E-state index contributed by atoms with van der Waals surface area (Å²) in [7, 11) is 0. The number of carbonyl (C=O) groups is 1. The first-order chi connectivity index (χ1) is 10.5. The standard InChI is InChI=1S/C17H18N2O2S/c1-4-8-22(21)15-7-5-6-14(11-15)12(2)9-16-13(3)10-17(20)19-18-16/h1,5-7,9,11,13H,8,10H2,2-3H3,(H,19,20). The first-order valence-electron chi connectivity index (χ1n) is 6.98. The molecule has 1 aromatic rings. The van der Waals surface area contributed by atoms with Gasteiger partial charge in [0.2, 0.25) is 5.91 Å². The van der Waals surface area contributed by atoms with Gasteiger partial charge in [0.15, 0.2) is 10.6 Å². The van der Waals surface area contributed by atoms with Crippen molar-refractivity contribution in [3.05, 3.63) is 35.9 Å². The second kappa shape index (κ2) is 7.30. The largest absolute Gasteiger partial charge is 0.611 e. The zero-order chi connectivity index (χ0) is 16.1. The van der Waals surface area contributed by atoms with Crippen molar-refractivity contribution in [2.45, 2.75) is 25.2 Å². The van der Waals surface area contributed by atoms with E-state index in [4.69, 9.17) is 6.42 Å². The third-order valence-corrected chi connectivity index (χ3v) is 4.65. The molecule has 114 valence electrons. The predicted octanol–water partition coefficient (Wildman–Crippen LogP) is 2.34. The number of amides is 1. The molecule has 1 N–H and O–H groups in total. The van der Waals surface area contributed by atoms with Crippen molar-refractivity contribution >= 4 is 28.4 Å². The second-order valence-corrected chi connectivity index (χ2v) is 6.68. The molecule has 0 bridgehead atoms. The summed E-state index contributed by atoms with van der Waals surface area (Å²) < 4.78 is 12.0. The van der Waals surface area contributed by atoms with Crippen molar-refractivity contribution in [3.8, 4) is 12.3 Å². The van der Waals surface area contributed by atoms with E-state index in [0.717, 1.165) is 21.7 Å². The Morgan fingerprint density at radius 1 is 1.64 bits per heavy atom. The number of terminal acetylenes is 1. The van der Waals surface area contributed by atoms with Crippen LogP contribution in [0.3, 0.4) is 0 Å². The molecule has 0 aromatic heterocycles. The first kappa shape index (κ1) is 16.3. The minimum atomic E-state index is -1.18. The zero-order valence-corrected chi connectivity index (χ0v) is 13.4. The average molecular weight is 314 g/mol. The van der Waals surface area contributed by atoms with Gasteiger partial charge in [-0.05, 0) is 41.4 Å². The van der Waals surface area contributed by atoms with E-state index in [1.165, 1.54) is 0 Å². The summed E-state index contributed by atoms with van der Waals surface area (Å²) in [6, 6.07) is 7.51. The van der Waals surface area contributed by atoms with Gasteiger partial charge in [-0.1, -0.05) is 25.0 Å². The SMILES string of the molecule is C#CC[S+]([O-])c1cccc(C(C)=CC2=NNC(=O)CC2C)c1. The van der Waals surface area contributed by atoms with E-state index >= 15 is 0 Å². The topological polar surface area (TPSA) is 64.5 Å². The van der Waals surface area contributed by atoms with Gasteiger partial charge < -0.3 is 4.55 Å². The van der Waals surface area contributed by atoms with Gasteiger partial charge in [-0.3, -0.25) is 4.79 Å². The van der Waals surface area contributed by atoms with Crippen LogP contribution in [0.2, 0.25) is 0 Å². The van der Waals surface area contributed by atoms with Gasteiger partial charge in [0.25, 0.3) is 0 Å². The van der Waals surface area contributed by atoms with Gasteiger partial charge in [-0.25, -0.2) is 5.43 Å². The van der Waals surface area contributed by atoms with Crippen molar-refractivity contribution in [1.29, 1.82) is 0 Å². The molecular weight excluding hydrogens is 296 g/mol. The number of nitrogens with one attached hydrogen (secondary N) is 1. The molecule has 0 fully saturated rings. The van der Waals surface area contributed by atoms with Crippen molar-refractivity contribution in [3.63, 3.8) is 0 Å². The fourth-order valence-electron chi connectivity index (χ4n) is 2.19. The Morgan fingerprint density at radius 3 is 3.09 bits per heavy atom. The van der Waals surface area contributed by atoms with E-state index in [9.17, 15) is 9.35 Å². The number of hydrogen-bond donors (Lipinski definition) is 1. The average Bonchev–Trinajstić information content (AvgIpc) is 2.50. The van der Waals surface area contributed by atoms with E-state index < -0.39 is 11.2 Å². The molecule has 22 heavy (non-hydrogen) atoms. The summed E-state index contributed by atoms with van der Waals surface area (Å²) >= 11 is -1.18. The Morgan fingerprint density at radius 2 is 2.41 bits per heavy atom. The molecule has 2 rings (SSSR count). The summed E-state index contributed by atoms with van der Waals surface area (Å²) in [5, 5.41) is 4.10. The van der Waals surface area contributed by atoms with E-state index in [2.05, 4.69) is 16.4 Å². The summed E-state index contributed by atoms with van der Waals surface area (Å²) in [5.41, 5.74) is 5.31. The smallest absolute Gasteiger partial charge is 0.240 e. The van der Waals surface area contributed by atoms with Gasteiger partial charge >= 0.3 is 0 Å². The van der Waals surface area contributed by atoms with E-state index in [1.54, 1.807) is 0 Å². The molecule has 0 spiro atoms. The molecule has 5 heteroatoms. The van der Waals surface area contributed by atoms with Crippen molar-refractivity contribution in [2.75, 3.05) is 5.75 Å². The highest BCUT2D eigenvalue weighted by Crippen LogP contribution is 2.21. The molecule has 2 atom stereocenters. The van der Waals surface area contributed by atoms with Crippen molar-refractivity contribution in [1.82, 2.24) is 5.43 Å². The van der Waals surface area contributed by atoms with Crippen LogP contribution < -0.4 is 5.43 Å². The number of allylic oxidation sites excluding steroid dienone is 2. The Bertz CT molecular complexity index is 673. The number of hydrogen-bond acceptors (Lipinski definition) is 3.